The van der Waals surface area contributed by atoms with Crippen molar-refractivity contribution < 1.29 is 9.59 Å². The summed E-state index contributed by atoms with van der Waals surface area (Å²) < 4.78 is 0. The standard InChI is InChI=1S/C21H26N8O2/c1-13-14(4-3-9-22-13)12-28-10-8-17-27(2)21(31)16(7-11-29(17)28)18-24-19(26-25-18)20(30)23-15-5-6-15/h3-4,8-9,15-16H,5-7,10-12H2,1-2H3,(H,23,30)(H,24,25,26)/t16-/m0/s1. The van der Waals surface area contributed by atoms with E-state index < -0.39 is 5.92 Å². The predicted octanol–water partition coefficient (Wildman–Crippen LogP) is 0.920. The van der Waals surface area contributed by atoms with Crippen LogP contribution in [-0.2, 0) is 11.3 Å². The lowest BCUT2D eigenvalue weighted by Gasteiger charge is -2.33. The molecular formula is C21H26N8O2. The van der Waals surface area contributed by atoms with Crippen LogP contribution in [0.2, 0.25) is 0 Å². The van der Waals surface area contributed by atoms with Crippen LogP contribution in [-0.4, -0.2) is 73.1 Å². The Morgan fingerprint density at radius 1 is 1.32 bits per heavy atom. The normalized spacial score (nSPS) is 21.7. The number of hydrazine groups is 1. The highest BCUT2D eigenvalue weighted by molar-refractivity contribution is 5.91. The summed E-state index contributed by atoms with van der Waals surface area (Å²) in [5, 5.41) is 14.1. The zero-order valence-electron chi connectivity index (χ0n) is 17.7. The Morgan fingerprint density at radius 3 is 2.94 bits per heavy atom. The van der Waals surface area contributed by atoms with Gasteiger partial charge in [-0.05, 0) is 43.9 Å². The Balaban J connectivity index is 1.32. The molecule has 2 amide bonds. The first-order chi connectivity index (χ1) is 15.0. The number of carbonyl (C=O) groups is 2. The van der Waals surface area contributed by atoms with Crippen molar-refractivity contribution in [2.75, 3.05) is 20.1 Å². The Labute approximate surface area is 180 Å². The molecular weight excluding hydrogens is 396 g/mol. The van der Waals surface area contributed by atoms with Crippen molar-refractivity contribution in [3.8, 4) is 0 Å². The lowest BCUT2D eigenvalue weighted by Crippen LogP contribution is -2.40. The monoisotopic (exact) mass is 422 g/mol. The molecule has 31 heavy (non-hydrogen) atoms. The number of likely N-dealkylation sites (N-methyl/N-ethyl adjacent to an activating group) is 1. The number of hydrogen-bond acceptors (Lipinski definition) is 7. The van der Waals surface area contributed by atoms with Crippen LogP contribution in [0.4, 0.5) is 0 Å². The first-order valence-electron chi connectivity index (χ1n) is 10.6. The van der Waals surface area contributed by atoms with E-state index in [1.165, 1.54) is 0 Å². The summed E-state index contributed by atoms with van der Waals surface area (Å²) in [4.78, 5) is 35.9. The summed E-state index contributed by atoms with van der Waals surface area (Å²) in [6, 6.07) is 4.26. The molecule has 1 saturated carbocycles. The van der Waals surface area contributed by atoms with E-state index in [0.717, 1.165) is 43.0 Å². The van der Waals surface area contributed by atoms with Crippen LogP contribution in [0.25, 0.3) is 0 Å². The second-order valence-corrected chi connectivity index (χ2v) is 8.31. The molecule has 162 valence electrons. The number of nitrogens with one attached hydrogen (secondary N) is 2. The summed E-state index contributed by atoms with van der Waals surface area (Å²) in [5.41, 5.74) is 2.17. The molecule has 0 radical (unpaired) electrons. The zero-order valence-corrected chi connectivity index (χ0v) is 17.7. The third-order valence-electron chi connectivity index (χ3n) is 6.11. The van der Waals surface area contributed by atoms with Crippen LogP contribution in [0.5, 0.6) is 0 Å². The molecule has 2 N–H and O–H groups in total. The lowest BCUT2D eigenvalue weighted by atomic mass is 10.0. The Hall–Kier alpha value is -3.27. The summed E-state index contributed by atoms with van der Waals surface area (Å²) in [7, 11) is 1.79. The van der Waals surface area contributed by atoms with Gasteiger partial charge in [0.1, 0.15) is 11.6 Å². The number of aromatic amines is 1. The van der Waals surface area contributed by atoms with Crippen LogP contribution in [0, 0.1) is 6.92 Å². The van der Waals surface area contributed by atoms with Gasteiger partial charge in [-0.1, -0.05) is 6.07 Å². The second kappa shape index (κ2) is 7.77. The van der Waals surface area contributed by atoms with Crippen LogP contribution in [0.15, 0.2) is 30.2 Å². The molecule has 2 aromatic heterocycles. The molecule has 10 heteroatoms. The van der Waals surface area contributed by atoms with Crippen molar-refractivity contribution in [1.29, 1.82) is 0 Å². The van der Waals surface area contributed by atoms with Crippen molar-refractivity contribution in [1.82, 2.24) is 40.4 Å². The van der Waals surface area contributed by atoms with Gasteiger partial charge < -0.3 is 10.2 Å². The Kier molecular flexibility index (Phi) is 4.93. The number of fused-ring (bicyclic) bond motifs is 1. The fourth-order valence-corrected chi connectivity index (χ4v) is 4.12. The molecule has 0 bridgehead atoms. The van der Waals surface area contributed by atoms with Crippen molar-refractivity contribution in [2.24, 2.45) is 0 Å². The van der Waals surface area contributed by atoms with E-state index >= 15 is 0 Å². The largest absolute Gasteiger partial charge is 0.347 e. The number of hydrogen-bond donors (Lipinski definition) is 2. The molecule has 1 atom stereocenters. The molecule has 2 aliphatic heterocycles. The molecule has 10 nitrogen and oxygen atoms in total. The summed E-state index contributed by atoms with van der Waals surface area (Å²) in [6.45, 7) is 4.13. The summed E-state index contributed by atoms with van der Waals surface area (Å²) in [6.07, 6.45) is 6.43. The molecule has 0 unspecified atom stereocenters. The maximum atomic E-state index is 13.2. The van der Waals surface area contributed by atoms with Crippen LogP contribution in [0.3, 0.4) is 0 Å². The maximum Gasteiger partial charge on any atom is 0.291 e. The van der Waals surface area contributed by atoms with Gasteiger partial charge in [0, 0.05) is 44.6 Å². The number of pyridine rings is 1. The number of nitrogens with zero attached hydrogens (tertiary/aromatic N) is 6. The van der Waals surface area contributed by atoms with Crippen molar-refractivity contribution in [3.63, 3.8) is 0 Å². The molecule has 3 aliphatic rings. The number of amides is 2. The van der Waals surface area contributed by atoms with E-state index in [1.54, 1.807) is 18.1 Å². The SMILES string of the molecule is Cc1ncccc1CN1CC=C2N(C)C(=O)[C@H](c3nc(C(=O)NC4CC4)n[nH]3)CCN21. The van der Waals surface area contributed by atoms with E-state index in [-0.39, 0.29) is 23.7 Å². The molecule has 1 saturated heterocycles. The molecule has 4 heterocycles. The average Bonchev–Trinajstić information content (AvgIpc) is 3.32. The number of rotatable bonds is 5. The van der Waals surface area contributed by atoms with E-state index in [1.807, 2.05) is 13.0 Å². The van der Waals surface area contributed by atoms with Crippen LogP contribution >= 0.6 is 0 Å². The third kappa shape index (κ3) is 3.78. The van der Waals surface area contributed by atoms with Gasteiger partial charge in [-0.3, -0.25) is 24.7 Å². The van der Waals surface area contributed by atoms with Gasteiger partial charge in [0.25, 0.3) is 5.91 Å². The predicted molar refractivity (Wildman–Crippen MR) is 111 cm³/mol. The molecule has 5 rings (SSSR count). The van der Waals surface area contributed by atoms with Crippen molar-refractivity contribution in [3.05, 3.63) is 53.1 Å². The summed E-state index contributed by atoms with van der Waals surface area (Å²) >= 11 is 0. The average molecular weight is 422 g/mol. The molecule has 2 aromatic rings. The smallest absolute Gasteiger partial charge is 0.291 e. The molecule has 1 aliphatic carbocycles. The minimum absolute atomic E-state index is 0.0570. The van der Waals surface area contributed by atoms with Crippen molar-refractivity contribution >= 4 is 11.8 Å². The first kappa shape index (κ1) is 19.7. The van der Waals surface area contributed by atoms with Gasteiger partial charge in [0.05, 0.1) is 5.92 Å². The topological polar surface area (TPSA) is 110 Å². The van der Waals surface area contributed by atoms with Gasteiger partial charge >= 0.3 is 0 Å². The Bertz CT molecular complexity index is 1040. The highest BCUT2D eigenvalue weighted by Crippen LogP contribution is 2.31. The van der Waals surface area contributed by atoms with Crippen LogP contribution in [0.1, 0.15) is 52.9 Å². The fraction of sp³-hybridized carbons (Fsp3) is 0.476. The minimum atomic E-state index is -0.478. The van der Waals surface area contributed by atoms with Gasteiger partial charge in [-0.2, -0.15) is 0 Å². The summed E-state index contributed by atoms with van der Waals surface area (Å²) in [5.74, 6) is 0.581. The minimum Gasteiger partial charge on any atom is -0.347 e. The fourth-order valence-electron chi connectivity index (χ4n) is 4.12. The van der Waals surface area contributed by atoms with E-state index in [9.17, 15) is 9.59 Å². The zero-order chi connectivity index (χ0) is 21.5. The number of H-pyrrole nitrogens is 1. The van der Waals surface area contributed by atoms with Crippen molar-refractivity contribution in [2.45, 2.75) is 44.7 Å². The second-order valence-electron chi connectivity index (χ2n) is 8.31. The number of aromatic nitrogens is 4. The van der Waals surface area contributed by atoms with Gasteiger partial charge in [0.15, 0.2) is 0 Å². The van der Waals surface area contributed by atoms with Gasteiger partial charge in [-0.25, -0.2) is 9.99 Å². The third-order valence-corrected chi connectivity index (χ3v) is 6.11. The van der Waals surface area contributed by atoms with Crippen LogP contribution < -0.4 is 5.32 Å². The van der Waals surface area contributed by atoms with E-state index in [2.05, 4.69) is 47.6 Å². The van der Waals surface area contributed by atoms with Gasteiger partial charge in [-0.15, -0.1) is 5.10 Å². The molecule has 0 aromatic carbocycles. The highest BCUT2D eigenvalue weighted by atomic mass is 16.2. The van der Waals surface area contributed by atoms with E-state index in [0.29, 0.717) is 18.8 Å². The van der Waals surface area contributed by atoms with Gasteiger partial charge in [0.2, 0.25) is 11.7 Å². The number of carbonyl (C=O) groups excluding carboxylic acids is 2. The van der Waals surface area contributed by atoms with E-state index in [4.69, 9.17) is 0 Å². The highest BCUT2D eigenvalue weighted by Gasteiger charge is 2.38. The first-order valence-corrected chi connectivity index (χ1v) is 10.6. The quantitative estimate of drug-likeness (QED) is 0.737. The Morgan fingerprint density at radius 2 is 2.16 bits per heavy atom. The molecule has 2 fully saturated rings. The maximum absolute atomic E-state index is 13.2. The number of aryl methyl sites for hydroxylation is 1. The lowest BCUT2D eigenvalue weighted by molar-refractivity contribution is -0.130. The molecule has 0 spiro atoms.